The van der Waals surface area contributed by atoms with E-state index >= 15 is 0 Å². The molecule has 2 N–H and O–H groups in total. The van der Waals surface area contributed by atoms with Crippen molar-refractivity contribution < 1.29 is 4.79 Å². The molecule has 1 atom stereocenters. The lowest BCUT2D eigenvalue weighted by Gasteiger charge is -2.14. The van der Waals surface area contributed by atoms with E-state index in [-0.39, 0.29) is 23.1 Å². The lowest BCUT2D eigenvalue weighted by atomic mass is 10.1. The van der Waals surface area contributed by atoms with Gasteiger partial charge in [0.2, 0.25) is 0 Å². The highest BCUT2D eigenvalue weighted by Crippen LogP contribution is 2.12. The molecule has 110 valence electrons. The highest BCUT2D eigenvalue weighted by molar-refractivity contribution is 6.30. The van der Waals surface area contributed by atoms with E-state index in [9.17, 15) is 9.59 Å². The number of benzene rings is 1. The number of H-pyrrole nitrogens is 1. The maximum Gasteiger partial charge on any atom is 0.260 e. The van der Waals surface area contributed by atoms with Gasteiger partial charge in [0.15, 0.2) is 0 Å². The van der Waals surface area contributed by atoms with Crippen LogP contribution in [-0.2, 0) is 6.42 Å². The fourth-order valence-electron chi connectivity index (χ4n) is 2.12. The van der Waals surface area contributed by atoms with Crippen LogP contribution in [0.5, 0.6) is 0 Å². The van der Waals surface area contributed by atoms with Gasteiger partial charge in [-0.15, -0.1) is 0 Å². The largest absolute Gasteiger partial charge is 0.349 e. The van der Waals surface area contributed by atoms with Gasteiger partial charge < -0.3 is 10.3 Å². The fraction of sp³-hybridized carbons (Fsp3) is 0.250. The molecule has 4 nitrogen and oxygen atoms in total. The minimum Gasteiger partial charge on any atom is -0.349 e. The van der Waals surface area contributed by atoms with E-state index in [1.807, 2.05) is 25.1 Å². The van der Waals surface area contributed by atoms with Gasteiger partial charge in [-0.1, -0.05) is 23.7 Å². The number of hydrogen-bond donors (Lipinski definition) is 2. The summed E-state index contributed by atoms with van der Waals surface area (Å²) in [7, 11) is 0. The summed E-state index contributed by atoms with van der Waals surface area (Å²) in [6, 6.07) is 10.6. The maximum absolute atomic E-state index is 12.1. The average molecular weight is 305 g/mol. The maximum atomic E-state index is 12.1. The molecule has 0 spiro atoms. The molecule has 0 saturated carbocycles. The zero-order chi connectivity index (χ0) is 15.4. The average Bonchev–Trinajstić information content (AvgIpc) is 2.38. The number of pyridine rings is 1. The molecule has 1 aromatic heterocycles. The lowest BCUT2D eigenvalue weighted by Crippen LogP contribution is -2.37. The van der Waals surface area contributed by atoms with Crippen LogP contribution in [0.4, 0.5) is 0 Å². The van der Waals surface area contributed by atoms with Crippen molar-refractivity contribution in [2.24, 2.45) is 0 Å². The first-order chi connectivity index (χ1) is 9.95. The first-order valence-electron chi connectivity index (χ1n) is 6.71. The molecule has 0 aliphatic carbocycles. The Morgan fingerprint density at radius 3 is 2.76 bits per heavy atom. The van der Waals surface area contributed by atoms with Crippen LogP contribution in [0.25, 0.3) is 0 Å². The molecule has 1 amide bonds. The van der Waals surface area contributed by atoms with E-state index in [0.717, 1.165) is 11.3 Å². The second-order valence-electron chi connectivity index (χ2n) is 5.09. The molecule has 0 radical (unpaired) electrons. The monoisotopic (exact) mass is 304 g/mol. The van der Waals surface area contributed by atoms with Crippen molar-refractivity contribution >= 4 is 17.5 Å². The van der Waals surface area contributed by atoms with Gasteiger partial charge in [0.1, 0.15) is 5.56 Å². The number of aromatic nitrogens is 1. The SMILES string of the molecule is Cc1ccc(C(=O)N[C@@H](C)Cc2cccc(Cl)c2)c(=O)[nH]1. The summed E-state index contributed by atoms with van der Waals surface area (Å²) in [5, 5.41) is 3.49. The minimum atomic E-state index is -0.373. The number of carbonyl (C=O) groups excluding carboxylic acids is 1. The number of carbonyl (C=O) groups is 1. The predicted octanol–water partition coefficient (Wildman–Crippen LogP) is 2.70. The molecular weight excluding hydrogens is 288 g/mol. The van der Waals surface area contributed by atoms with Crippen LogP contribution in [0.2, 0.25) is 5.02 Å². The van der Waals surface area contributed by atoms with Gasteiger partial charge in [-0.25, -0.2) is 0 Å². The Kier molecular flexibility index (Phi) is 4.81. The molecule has 1 heterocycles. The van der Waals surface area contributed by atoms with Crippen LogP contribution in [0.15, 0.2) is 41.2 Å². The Bertz CT molecular complexity index is 709. The molecule has 21 heavy (non-hydrogen) atoms. The van der Waals surface area contributed by atoms with Crippen molar-refractivity contribution in [3.63, 3.8) is 0 Å². The summed E-state index contributed by atoms with van der Waals surface area (Å²) in [6.07, 6.45) is 0.649. The van der Waals surface area contributed by atoms with Gasteiger partial charge >= 0.3 is 0 Å². The zero-order valence-corrected chi connectivity index (χ0v) is 12.7. The Labute approximate surface area is 128 Å². The second-order valence-corrected chi connectivity index (χ2v) is 5.53. The molecule has 5 heteroatoms. The molecular formula is C16H17ClN2O2. The van der Waals surface area contributed by atoms with E-state index in [0.29, 0.717) is 11.4 Å². The molecule has 1 aromatic carbocycles. The number of nitrogens with one attached hydrogen (secondary N) is 2. The van der Waals surface area contributed by atoms with Crippen LogP contribution >= 0.6 is 11.6 Å². The number of hydrogen-bond acceptors (Lipinski definition) is 2. The van der Waals surface area contributed by atoms with Gasteiger partial charge in [-0.3, -0.25) is 9.59 Å². The van der Waals surface area contributed by atoms with E-state index in [2.05, 4.69) is 10.3 Å². The van der Waals surface area contributed by atoms with Crippen molar-refractivity contribution in [3.8, 4) is 0 Å². The quantitative estimate of drug-likeness (QED) is 0.912. The normalized spacial score (nSPS) is 12.0. The van der Waals surface area contributed by atoms with Crippen molar-refractivity contribution in [3.05, 3.63) is 68.6 Å². The number of amides is 1. The Morgan fingerprint density at radius 1 is 1.33 bits per heavy atom. The number of aromatic amines is 1. The van der Waals surface area contributed by atoms with E-state index < -0.39 is 0 Å². The topological polar surface area (TPSA) is 62.0 Å². The highest BCUT2D eigenvalue weighted by atomic mass is 35.5. The number of aryl methyl sites for hydroxylation is 1. The predicted molar refractivity (Wildman–Crippen MR) is 83.9 cm³/mol. The molecule has 2 aromatic rings. The van der Waals surface area contributed by atoms with Crippen molar-refractivity contribution in [1.82, 2.24) is 10.3 Å². The van der Waals surface area contributed by atoms with Crippen molar-refractivity contribution in [2.75, 3.05) is 0 Å². The summed E-state index contributed by atoms with van der Waals surface area (Å²) >= 11 is 5.93. The molecule has 0 saturated heterocycles. The molecule has 0 unspecified atom stereocenters. The minimum absolute atomic E-state index is 0.100. The molecule has 2 rings (SSSR count). The summed E-state index contributed by atoms with van der Waals surface area (Å²) in [6.45, 7) is 3.66. The standard InChI is InChI=1S/C16H17ClN2O2/c1-10-6-7-14(15(20)18-10)16(21)19-11(2)8-12-4-3-5-13(17)9-12/h3-7,9,11H,8H2,1-2H3,(H,18,20)(H,19,21)/t11-/m0/s1. The van der Waals surface area contributed by atoms with E-state index in [4.69, 9.17) is 11.6 Å². The third-order valence-electron chi connectivity index (χ3n) is 3.11. The fourth-order valence-corrected chi connectivity index (χ4v) is 2.33. The Balaban J connectivity index is 2.03. The second kappa shape index (κ2) is 6.59. The number of halogens is 1. The summed E-state index contributed by atoms with van der Waals surface area (Å²) in [5.41, 5.74) is 1.51. The Hall–Kier alpha value is -2.07. The Morgan fingerprint density at radius 2 is 2.10 bits per heavy atom. The van der Waals surface area contributed by atoms with Crippen LogP contribution in [0, 0.1) is 6.92 Å². The van der Waals surface area contributed by atoms with Gasteiger partial charge in [0.05, 0.1) is 0 Å². The molecule has 0 fully saturated rings. The lowest BCUT2D eigenvalue weighted by molar-refractivity contribution is 0.0938. The van der Waals surface area contributed by atoms with Gasteiger partial charge in [-0.2, -0.15) is 0 Å². The van der Waals surface area contributed by atoms with Gasteiger partial charge in [-0.05, 0) is 50.1 Å². The van der Waals surface area contributed by atoms with Gasteiger partial charge in [0.25, 0.3) is 11.5 Å². The van der Waals surface area contributed by atoms with Crippen molar-refractivity contribution in [1.29, 1.82) is 0 Å². The van der Waals surface area contributed by atoms with Crippen LogP contribution in [0.1, 0.15) is 28.5 Å². The third-order valence-corrected chi connectivity index (χ3v) is 3.34. The summed E-state index contributed by atoms with van der Waals surface area (Å²) in [5.74, 6) is -0.370. The first kappa shape index (κ1) is 15.3. The van der Waals surface area contributed by atoms with Crippen LogP contribution < -0.4 is 10.9 Å². The van der Waals surface area contributed by atoms with Crippen LogP contribution in [0.3, 0.4) is 0 Å². The van der Waals surface area contributed by atoms with Crippen LogP contribution in [-0.4, -0.2) is 16.9 Å². The molecule has 0 bridgehead atoms. The molecule has 0 aliphatic heterocycles. The molecule has 0 aliphatic rings. The van der Waals surface area contributed by atoms with E-state index in [1.54, 1.807) is 19.1 Å². The van der Waals surface area contributed by atoms with Crippen molar-refractivity contribution in [2.45, 2.75) is 26.3 Å². The van der Waals surface area contributed by atoms with E-state index in [1.165, 1.54) is 6.07 Å². The third kappa shape index (κ3) is 4.20. The first-order valence-corrected chi connectivity index (χ1v) is 7.09. The zero-order valence-electron chi connectivity index (χ0n) is 11.9. The van der Waals surface area contributed by atoms with Gasteiger partial charge in [0, 0.05) is 16.8 Å². The number of rotatable bonds is 4. The smallest absolute Gasteiger partial charge is 0.260 e. The summed E-state index contributed by atoms with van der Waals surface area (Å²) in [4.78, 5) is 26.4. The highest BCUT2D eigenvalue weighted by Gasteiger charge is 2.13. The summed E-state index contributed by atoms with van der Waals surface area (Å²) < 4.78 is 0.